The fourth-order valence-electron chi connectivity index (χ4n) is 1.58. The summed E-state index contributed by atoms with van der Waals surface area (Å²) in [6, 6.07) is 7.45. The van der Waals surface area contributed by atoms with Gasteiger partial charge in [-0.1, -0.05) is 43.2 Å². The zero-order valence-corrected chi connectivity index (χ0v) is 10.6. The highest BCUT2D eigenvalue weighted by atomic mass is 35.5. The van der Waals surface area contributed by atoms with Gasteiger partial charge in [-0.3, -0.25) is 4.79 Å². The third-order valence-corrected chi connectivity index (χ3v) is 2.78. The van der Waals surface area contributed by atoms with E-state index in [1.807, 2.05) is 24.3 Å². The summed E-state index contributed by atoms with van der Waals surface area (Å²) in [5.41, 5.74) is 2.17. The molecule has 86 valence electrons. The van der Waals surface area contributed by atoms with Crippen molar-refractivity contribution in [2.75, 3.05) is 0 Å². The molecule has 0 bridgehead atoms. The van der Waals surface area contributed by atoms with E-state index >= 15 is 0 Å². The average molecular weight is 237 g/mol. The third kappa shape index (κ3) is 4.19. The van der Waals surface area contributed by atoms with Gasteiger partial charge in [0.2, 0.25) is 0 Å². The summed E-state index contributed by atoms with van der Waals surface area (Å²) in [6.45, 7) is 4.14. The predicted molar refractivity (Wildman–Crippen MR) is 68.8 cm³/mol. The molecular weight excluding hydrogens is 220 g/mol. The largest absolute Gasteiger partial charge is 0.294 e. The second-order valence-corrected chi connectivity index (χ2v) is 4.22. The molecule has 0 heterocycles. The second-order valence-electron chi connectivity index (χ2n) is 3.78. The van der Waals surface area contributed by atoms with E-state index in [-0.39, 0.29) is 5.78 Å². The molecule has 0 atom stereocenters. The minimum absolute atomic E-state index is 0.154. The molecule has 0 aliphatic carbocycles. The molecule has 0 aliphatic heterocycles. The SMILES string of the molecule is CCC(=CC(=O)Cc1cccc(Cl)c1)CC. The first kappa shape index (κ1) is 13.0. The monoisotopic (exact) mass is 236 g/mol. The summed E-state index contributed by atoms with van der Waals surface area (Å²) in [5, 5.41) is 0.681. The standard InChI is InChI=1S/C14H17ClO/c1-3-11(4-2)9-14(16)10-12-6-5-7-13(15)8-12/h5-9H,3-4,10H2,1-2H3. The molecular formula is C14H17ClO. The summed E-state index contributed by atoms with van der Waals surface area (Å²) in [6.07, 6.45) is 4.08. The van der Waals surface area contributed by atoms with Gasteiger partial charge in [-0.15, -0.1) is 0 Å². The molecule has 0 N–H and O–H groups in total. The van der Waals surface area contributed by atoms with Crippen molar-refractivity contribution in [3.63, 3.8) is 0 Å². The van der Waals surface area contributed by atoms with Gasteiger partial charge in [0.1, 0.15) is 0 Å². The zero-order valence-electron chi connectivity index (χ0n) is 9.79. The van der Waals surface area contributed by atoms with E-state index in [0.29, 0.717) is 11.4 Å². The van der Waals surface area contributed by atoms with Crippen molar-refractivity contribution in [1.82, 2.24) is 0 Å². The van der Waals surface area contributed by atoms with E-state index in [9.17, 15) is 4.79 Å². The van der Waals surface area contributed by atoms with Gasteiger partial charge in [0.25, 0.3) is 0 Å². The van der Waals surface area contributed by atoms with E-state index in [2.05, 4.69) is 13.8 Å². The van der Waals surface area contributed by atoms with E-state index in [4.69, 9.17) is 11.6 Å². The lowest BCUT2D eigenvalue weighted by atomic mass is 10.0. The highest BCUT2D eigenvalue weighted by molar-refractivity contribution is 6.30. The van der Waals surface area contributed by atoms with Crippen molar-refractivity contribution in [3.05, 3.63) is 46.5 Å². The van der Waals surface area contributed by atoms with Gasteiger partial charge < -0.3 is 0 Å². The van der Waals surface area contributed by atoms with Crippen LogP contribution in [0.25, 0.3) is 0 Å². The Hall–Kier alpha value is -1.08. The second kappa shape index (κ2) is 6.49. The van der Waals surface area contributed by atoms with Crippen molar-refractivity contribution in [1.29, 1.82) is 0 Å². The Balaban J connectivity index is 2.68. The smallest absolute Gasteiger partial charge is 0.160 e. The topological polar surface area (TPSA) is 17.1 Å². The number of carbonyl (C=O) groups is 1. The zero-order chi connectivity index (χ0) is 12.0. The highest BCUT2D eigenvalue weighted by Crippen LogP contribution is 2.12. The molecule has 0 amide bonds. The van der Waals surface area contributed by atoms with Gasteiger partial charge in [-0.2, -0.15) is 0 Å². The van der Waals surface area contributed by atoms with Crippen molar-refractivity contribution in [2.45, 2.75) is 33.1 Å². The fourth-order valence-corrected chi connectivity index (χ4v) is 1.79. The van der Waals surface area contributed by atoms with Gasteiger partial charge >= 0.3 is 0 Å². The van der Waals surface area contributed by atoms with E-state index < -0.39 is 0 Å². The van der Waals surface area contributed by atoms with Crippen molar-refractivity contribution >= 4 is 17.4 Å². The van der Waals surface area contributed by atoms with E-state index in [1.165, 1.54) is 5.57 Å². The average Bonchev–Trinajstić information content (AvgIpc) is 2.26. The number of halogens is 1. The van der Waals surface area contributed by atoms with Crippen LogP contribution in [0.4, 0.5) is 0 Å². The summed E-state index contributed by atoms with van der Waals surface area (Å²) >= 11 is 5.86. The summed E-state index contributed by atoms with van der Waals surface area (Å²) in [4.78, 5) is 11.7. The molecule has 0 unspecified atom stereocenters. The lowest BCUT2D eigenvalue weighted by Gasteiger charge is -2.01. The molecule has 0 saturated heterocycles. The Morgan fingerprint density at radius 2 is 2.00 bits per heavy atom. The number of ketones is 1. The molecule has 0 spiro atoms. The molecule has 1 aromatic carbocycles. The first-order valence-electron chi connectivity index (χ1n) is 5.62. The summed E-state index contributed by atoms with van der Waals surface area (Å²) in [7, 11) is 0. The molecule has 0 fully saturated rings. The van der Waals surface area contributed by atoms with Crippen LogP contribution >= 0.6 is 11.6 Å². The number of benzene rings is 1. The van der Waals surface area contributed by atoms with Crippen LogP contribution in [0, 0.1) is 0 Å². The number of hydrogen-bond donors (Lipinski definition) is 0. The molecule has 0 saturated carbocycles. The van der Waals surface area contributed by atoms with Crippen LogP contribution in [0.1, 0.15) is 32.3 Å². The Morgan fingerprint density at radius 1 is 1.31 bits per heavy atom. The lowest BCUT2D eigenvalue weighted by Crippen LogP contribution is -2.00. The van der Waals surface area contributed by atoms with E-state index in [0.717, 1.165) is 18.4 Å². The van der Waals surface area contributed by atoms with E-state index in [1.54, 1.807) is 6.08 Å². The van der Waals surface area contributed by atoms with Gasteiger partial charge in [0.05, 0.1) is 0 Å². The van der Waals surface area contributed by atoms with Crippen LogP contribution in [0.3, 0.4) is 0 Å². The summed E-state index contributed by atoms with van der Waals surface area (Å²) < 4.78 is 0. The van der Waals surface area contributed by atoms with Crippen LogP contribution in [-0.4, -0.2) is 5.78 Å². The molecule has 0 aromatic heterocycles. The first-order valence-corrected chi connectivity index (χ1v) is 6.00. The molecule has 0 aliphatic rings. The van der Waals surface area contributed by atoms with Crippen molar-refractivity contribution in [3.8, 4) is 0 Å². The number of carbonyl (C=O) groups excluding carboxylic acids is 1. The quantitative estimate of drug-likeness (QED) is 0.701. The van der Waals surface area contributed by atoms with Gasteiger partial charge in [0, 0.05) is 11.4 Å². The third-order valence-electron chi connectivity index (χ3n) is 2.54. The number of hydrogen-bond acceptors (Lipinski definition) is 1. The Morgan fingerprint density at radius 3 is 2.56 bits per heavy atom. The molecule has 1 rings (SSSR count). The van der Waals surface area contributed by atoms with Crippen LogP contribution in [0.5, 0.6) is 0 Å². The van der Waals surface area contributed by atoms with Gasteiger partial charge in [-0.25, -0.2) is 0 Å². The van der Waals surface area contributed by atoms with Crippen molar-refractivity contribution in [2.24, 2.45) is 0 Å². The Labute approximate surface area is 102 Å². The fraction of sp³-hybridized carbons (Fsp3) is 0.357. The van der Waals surface area contributed by atoms with Crippen molar-refractivity contribution < 1.29 is 4.79 Å². The maximum atomic E-state index is 11.7. The van der Waals surface area contributed by atoms with Gasteiger partial charge in [0.15, 0.2) is 5.78 Å². The number of rotatable bonds is 5. The molecule has 1 aromatic rings. The maximum Gasteiger partial charge on any atom is 0.160 e. The molecule has 1 nitrogen and oxygen atoms in total. The Kier molecular flexibility index (Phi) is 5.27. The van der Waals surface area contributed by atoms with Crippen LogP contribution in [0.15, 0.2) is 35.9 Å². The normalized spacial score (nSPS) is 9.94. The van der Waals surface area contributed by atoms with Crippen LogP contribution in [-0.2, 0) is 11.2 Å². The molecule has 16 heavy (non-hydrogen) atoms. The molecule has 2 heteroatoms. The Bertz CT molecular complexity index is 387. The minimum atomic E-state index is 0.154. The number of allylic oxidation sites excluding steroid dienone is 2. The first-order chi connectivity index (χ1) is 7.65. The maximum absolute atomic E-state index is 11.7. The van der Waals surface area contributed by atoms with Crippen LogP contribution < -0.4 is 0 Å². The van der Waals surface area contributed by atoms with Gasteiger partial charge in [-0.05, 0) is 36.6 Å². The summed E-state index contributed by atoms with van der Waals surface area (Å²) in [5.74, 6) is 0.154. The highest BCUT2D eigenvalue weighted by Gasteiger charge is 2.02. The molecule has 0 radical (unpaired) electrons. The minimum Gasteiger partial charge on any atom is -0.294 e. The van der Waals surface area contributed by atoms with Crippen LogP contribution in [0.2, 0.25) is 5.02 Å². The lowest BCUT2D eigenvalue weighted by molar-refractivity contribution is -0.114. The predicted octanol–water partition coefficient (Wildman–Crippen LogP) is 4.20.